The van der Waals surface area contributed by atoms with Crippen LogP contribution in [0.5, 0.6) is 11.5 Å². The molecule has 13 nitrogen and oxygen atoms in total. The highest BCUT2D eigenvalue weighted by atomic mass is 16.7. The van der Waals surface area contributed by atoms with Crippen LogP contribution in [0.25, 0.3) is 22.3 Å². The number of hydrogen-bond donors (Lipinski definition) is 2. The molecule has 2 aromatic heterocycles. The lowest BCUT2D eigenvalue weighted by molar-refractivity contribution is -0.167. The molecule has 7 rings (SSSR count). The van der Waals surface area contributed by atoms with Gasteiger partial charge in [-0.1, -0.05) is 6.58 Å². The Balaban J connectivity index is 1.12. The summed E-state index contributed by atoms with van der Waals surface area (Å²) < 4.78 is 23.7. The lowest BCUT2D eigenvalue weighted by Gasteiger charge is -2.35. The zero-order valence-corrected chi connectivity index (χ0v) is 27.8. The first-order chi connectivity index (χ1) is 22.8. The second-order valence-corrected chi connectivity index (χ2v) is 13.9. The number of pyridine rings is 2. The summed E-state index contributed by atoms with van der Waals surface area (Å²) in [6.07, 6.45) is 0.644. The number of aromatic nitrogens is 2. The van der Waals surface area contributed by atoms with Gasteiger partial charge in [-0.3, -0.25) is 9.69 Å². The maximum Gasteiger partial charge on any atom is 0.410 e. The molecule has 6 heterocycles. The van der Waals surface area contributed by atoms with Crippen LogP contribution in [-0.4, -0.2) is 88.2 Å². The zero-order valence-electron chi connectivity index (χ0n) is 27.8. The van der Waals surface area contributed by atoms with E-state index in [-0.39, 0.29) is 48.3 Å². The van der Waals surface area contributed by atoms with E-state index in [2.05, 4.69) is 16.8 Å². The van der Waals surface area contributed by atoms with Crippen LogP contribution in [0, 0.1) is 0 Å². The number of carbonyl (C=O) groups excluding carboxylic acids is 2. The van der Waals surface area contributed by atoms with E-state index < -0.39 is 17.2 Å². The minimum absolute atomic E-state index is 0.130. The van der Waals surface area contributed by atoms with Crippen LogP contribution in [0.15, 0.2) is 35.1 Å². The predicted octanol–water partition coefficient (Wildman–Crippen LogP) is 3.01. The molecule has 2 N–H and O–H groups in total. The molecule has 1 fully saturated rings. The first-order valence-electron chi connectivity index (χ1n) is 16.3. The van der Waals surface area contributed by atoms with Gasteiger partial charge in [0.2, 0.25) is 12.4 Å². The van der Waals surface area contributed by atoms with Gasteiger partial charge in [-0.25, -0.2) is 14.6 Å². The number of hydrogen-bond acceptors (Lipinski definition) is 11. The number of cyclic esters (lactones) is 1. The van der Waals surface area contributed by atoms with E-state index in [4.69, 9.17) is 23.9 Å². The highest BCUT2D eigenvalue weighted by Crippen LogP contribution is 2.43. The highest BCUT2D eigenvalue weighted by Gasteiger charge is 2.47. The van der Waals surface area contributed by atoms with Crippen molar-refractivity contribution in [2.75, 3.05) is 46.1 Å². The molecule has 3 aromatic rings. The quantitative estimate of drug-likeness (QED) is 0.172. The molecular weight excluding hydrogens is 618 g/mol. The summed E-state index contributed by atoms with van der Waals surface area (Å²) in [7, 11) is 0. The Labute approximate surface area is 278 Å². The van der Waals surface area contributed by atoms with Crippen molar-refractivity contribution in [3.8, 4) is 22.9 Å². The van der Waals surface area contributed by atoms with E-state index in [1.54, 1.807) is 15.5 Å². The topological polar surface area (TPSA) is 145 Å². The van der Waals surface area contributed by atoms with Gasteiger partial charge in [-0.15, -0.1) is 0 Å². The van der Waals surface area contributed by atoms with E-state index in [1.165, 1.54) is 6.92 Å². The lowest BCUT2D eigenvalue weighted by Crippen LogP contribution is -2.50. The second kappa shape index (κ2) is 11.9. The van der Waals surface area contributed by atoms with E-state index in [9.17, 15) is 19.5 Å². The number of aliphatic hydroxyl groups is 1. The van der Waals surface area contributed by atoms with E-state index in [0.717, 1.165) is 49.1 Å². The van der Waals surface area contributed by atoms with E-state index in [0.29, 0.717) is 48.0 Å². The van der Waals surface area contributed by atoms with Gasteiger partial charge in [0.15, 0.2) is 11.5 Å². The Hall–Kier alpha value is -4.46. The fourth-order valence-corrected chi connectivity index (χ4v) is 6.88. The maximum atomic E-state index is 13.8. The normalized spacial score (nSPS) is 19.9. The summed E-state index contributed by atoms with van der Waals surface area (Å²) in [6, 6.07) is 5.47. The number of piperazine rings is 1. The number of nitrogens with one attached hydrogen (secondary N) is 1. The molecule has 1 amide bonds. The molecule has 1 saturated heterocycles. The van der Waals surface area contributed by atoms with Crippen molar-refractivity contribution < 1.29 is 33.6 Å². The summed E-state index contributed by atoms with van der Waals surface area (Å²) in [5.74, 6) is 0.390. The molecule has 0 unspecified atom stereocenters. The van der Waals surface area contributed by atoms with Crippen molar-refractivity contribution in [1.82, 2.24) is 24.7 Å². The van der Waals surface area contributed by atoms with Crippen LogP contribution in [-0.2, 0) is 39.6 Å². The van der Waals surface area contributed by atoms with Gasteiger partial charge in [-0.2, -0.15) is 0 Å². The third-order valence-corrected chi connectivity index (χ3v) is 9.46. The summed E-state index contributed by atoms with van der Waals surface area (Å²) in [5.41, 5.74) is 1.32. The number of nitrogens with zero attached hydrogens (tertiary/aromatic N) is 4. The molecule has 0 aliphatic carbocycles. The Bertz CT molecular complexity index is 1910. The Kier molecular flexibility index (Phi) is 7.96. The fourth-order valence-electron chi connectivity index (χ4n) is 6.88. The van der Waals surface area contributed by atoms with Crippen molar-refractivity contribution in [3.63, 3.8) is 0 Å². The molecule has 0 saturated carbocycles. The van der Waals surface area contributed by atoms with Gasteiger partial charge >= 0.3 is 12.1 Å². The lowest BCUT2D eigenvalue weighted by atomic mass is 9.83. The molecule has 48 heavy (non-hydrogen) atoms. The average Bonchev–Trinajstić information content (AvgIpc) is 3.65. The van der Waals surface area contributed by atoms with Gasteiger partial charge in [0.25, 0.3) is 5.56 Å². The van der Waals surface area contributed by atoms with Crippen molar-refractivity contribution in [3.05, 3.63) is 63.0 Å². The number of ether oxygens (including phenoxy) is 4. The van der Waals surface area contributed by atoms with Crippen LogP contribution in [0.4, 0.5) is 4.79 Å². The minimum Gasteiger partial charge on any atom is -0.458 e. The highest BCUT2D eigenvalue weighted by molar-refractivity contribution is 5.91. The Morgan fingerprint density at radius 1 is 1.08 bits per heavy atom. The molecule has 1 aromatic carbocycles. The van der Waals surface area contributed by atoms with E-state index >= 15 is 0 Å². The molecule has 254 valence electrons. The number of carbonyl (C=O) groups is 2. The van der Waals surface area contributed by atoms with Crippen LogP contribution in [0.3, 0.4) is 0 Å². The molecule has 0 bridgehead atoms. The largest absolute Gasteiger partial charge is 0.458 e. The summed E-state index contributed by atoms with van der Waals surface area (Å²) >= 11 is 0. The zero-order chi connectivity index (χ0) is 34.0. The molecule has 13 heteroatoms. The molecule has 0 radical (unpaired) electrons. The Morgan fingerprint density at radius 3 is 2.52 bits per heavy atom. The van der Waals surface area contributed by atoms with Crippen LogP contribution >= 0.6 is 0 Å². The average molecular weight is 660 g/mol. The fraction of sp³-hybridized carbons (Fsp3) is 0.486. The van der Waals surface area contributed by atoms with E-state index in [1.807, 2.05) is 32.9 Å². The third-order valence-electron chi connectivity index (χ3n) is 9.46. The monoisotopic (exact) mass is 659 g/mol. The van der Waals surface area contributed by atoms with Gasteiger partial charge in [0.05, 0.1) is 29.0 Å². The smallest absolute Gasteiger partial charge is 0.410 e. The minimum atomic E-state index is -2.12. The predicted molar refractivity (Wildman–Crippen MR) is 176 cm³/mol. The second-order valence-electron chi connectivity index (χ2n) is 13.9. The van der Waals surface area contributed by atoms with Gasteiger partial charge < -0.3 is 38.8 Å². The maximum absolute atomic E-state index is 13.8. The van der Waals surface area contributed by atoms with Gasteiger partial charge in [0.1, 0.15) is 12.2 Å². The van der Waals surface area contributed by atoms with Crippen molar-refractivity contribution >= 4 is 23.0 Å². The van der Waals surface area contributed by atoms with Crippen LogP contribution in [0.1, 0.15) is 56.4 Å². The summed E-state index contributed by atoms with van der Waals surface area (Å²) in [6.45, 7) is 16.2. The number of amides is 1. The first-order valence-corrected chi connectivity index (χ1v) is 16.3. The molecule has 0 spiro atoms. The SMILES string of the molecule is C=C(C)[C@@]1(O)C(=O)OCc2c1cc1n(c2=O)Cc2c-1nc1cc3c(cc1c2CNCCCN1CCN(C(=O)OC(C)(C)C)CC1)OCO3. The third kappa shape index (κ3) is 5.49. The van der Waals surface area contributed by atoms with Crippen LogP contribution in [0.2, 0.25) is 0 Å². The first kappa shape index (κ1) is 32.1. The Morgan fingerprint density at radius 2 is 1.81 bits per heavy atom. The number of esters is 1. The van der Waals surface area contributed by atoms with Gasteiger partial charge in [-0.05, 0) is 70.5 Å². The van der Waals surface area contributed by atoms with Crippen molar-refractivity contribution in [2.24, 2.45) is 0 Å². The summed E-state index contributed by atoms with van der Waals surface area (Å²) in [4.78, 5) is 48.1. The number of benzene rings is 1. The molecule has 1 atom stereocenters. The summed E-state index contributed by atoms with van der Waals surface area (Å²) in [5, 5.41) is 15.9. The number of rotatable bonds is 7. The molecule has 4 aliphatic heterocycles. The van der Waals surface area contributed by atoms with Crippen LogP contribution < -0.4 is 20.3 Å². The van der Waals surface area contributed by atoms with Crippen molar-refractivity contribution in [1.29, 1.82) is 0 Å². The van der Waals surface area contributed by atoms with Crippen molar-refractivity contribution in [2.45, 2.75) is 65.0 Å². The molecular formula is C35H41N5O8. The van der Waals surface area contributed by atoms with Gasteiger partial charge in [0, 0.05) is 55.3 Å². The number of fused-ring (bicyclic) bond motifs is 6. The molecule has 4 aliphatic rings. The standard InChI is InChI=1S/C35H41N5O8/c1-20(2)35(44)25-14-27-30-23(17-40(27)31(41)24(25)18-45-32(35)42)22(21-13-28-29(47-19-46-28)15-26(21)37-30)16-36-7-6-8-38-9-11-39(12-10-38)33(43)48-34(3,4)5/h13-15,36,44H,1,6-12,16-19H2,2-5H3/t35-/m0/s1.